The fraction of sp³-hybridized carbons (Fsp3) is 0.333. The van der Waals surface area contributed by atoms with Gasteiger partial charge >= 0.3 is 0 Å². The van der Waals surface area contributed by atoms with Gasteiger partial charge in [0.1, 0.15) is 18.2 Å². The SMILES string of the molecule is CC1COc2cc(F)ccc2N1N. The van der Waals surface area contributed by atoms with Crippen molar-refractivity contribution in [1.82, 2.24) is 0 Å². The highest BCUT2D eigenvalue weighted by molar-refractivity contribution is 5.59. The average Bonchev–Trinajstić information content (AvgIpc) is 2.12. The molecule has 0 aromatic heterocycles. The zero-order chi connectivity index (χ0) is 9.42. The molecule has 1 heterocycles. The first-order valence-corrected chi connectivity index (χ1v) is 4.15. The lowest BCUT2D eigenvalue weighted by molar-refractivity contribution is 0.269. The summed E-state index contributed by atoms with van der Waals surface area (Å²) in [5.41, 5.74) is 0.736. The summed E-state index contributed by atoms with van der Waals surface area (Å²) >= 11 is 0. The molecule has 0 radical (unpaired) electrons. The molecule has 13 heavy (non-hydrogen) atoms. The second-order valence-electron chi connectivity index (χ2n) is 3.18. The van der Waals surface area contributed by atoms with Crippen LogP contribution in [0.5, 0.6) is 5.75 Å². The Morgan fingerprint density at radius 2 is 2.38 bits per heavy atom. The van der Waals surface area contributed by atoms with Crippen LogP contribution in [0.1, 0.15) is 6.92 Å². The average molecular weight is 182 g/mol. The zero-order valence-corrected chi connectivity index (χ0v) is 7.33. The predicted octanol–water partition coefficient (Wildman–Crippen LogP) is 1.29. The van der Waals surface area contributed by atoms with Crippen molar-refractivity contribution in [3.8, 4) is 5.75 Å². The van der Waals surface area contributed by atoms with E-state index in [1.54, 1.807) is 11.1 Å². The van der Waals surface area contributed by atoms with Crippen LogP contribution in [0.25, 0.3) is 0 Å². The number of hydrogen-bond donors (Lipinski definition) is 1. The van der Waals surface area contributed by atoms with E-state index in [0.717, 1.165) is 5.69 Å². The lowest BCUT2D eigenvalue weighted by atomic mass is 10.2. The number of ether oxygens (including phenoxy) is 1. The predicted molar refractivity (Wildman–Crippen MR) is 48.0 cm³/mol. The first-order chi connectivity index (χ1) is 6.18. The topological polar surface area (TPSA) is 38.5 Å². The minimum absolute atomic E-state index is 0.123. The number of benzene rings is 1. The van der Waals surface area contributed by atoms with E-state index in [4.69, 9.17) is 10.6 Å². The monoisotopic (exact) mass is 182 g/mol. The molecule has 1 atom stereocenters. The van der Waals surface area contributed by atoms with E-state index in [1.165, 1.54) is 12.1 Å². The van der Waals surface area contributed by atoms with Crippen LogP contribution in [-0.2, 0) is 0 Å². The van der Waals surface area contributed by atoms with Crippen molar-refractivity contribution in [2.24, 2.45) is 5.84 Å². The lowest BCUT2D eigenvalue weighted by Gasteiger charge is -2.32. The largest absolute Gasteiger partial charge is 0.489 e. The van der Waals surface area contributed by atoms with E-state index >= 15 is 0 Å². The van der Waals surface area contributed by atoms with Crippen LogP contribution in [0.2, 0.25) is 0 Å². The van der Waals surface area contributed by atoms with E-state index in [1.807, 2.05) is 6.92 Å². The molecule has 2 rings (SSSR count). The number of hydrazine groups is 1. The minimum Gasteiger partial charge on any atom is -0.489 e. The Labute approximate surface area is 75.9 Å². The molecule has 1 unspecified atom stereocenters. The zero-order valence-electron chi connectivity index (χ0n) is 7.33. The van der Waals surface area contributed by atoms with Crippen molar-refractivity contribution in [3.05, 3.63) is 24.0 Å². The number of hydrogen-bond acceptors (Lipinski definition) is 3. The maximum absolute atomic E-state index is 12.8. The van der Waals surface area contributed by atoms with Crippen molar-refractivity contribution < 1.29 is 9.13 Å². The van der Waals surface area contributed by atoms with Gasteiger partial charge < -0.3 is 9.75 Å². The van der Waals surface area contributed by atoms with Gasteiger partial charge in [-0.1, -0.05) is 0 Å². The van der Waals surface area contributed by atoms with E-state index in [0.29, 0.717) is 12.4 Å². The fourth-order valence-corrected chi connectivity index (χ4v) is 1.34. The molecule has 1 aromatic rings. The number of rotatable bonds is 0. The Morgan fingerprint density at radius 1 is 1.62 bits per heavy atom. The van der Waals surface area contributed by atoms with Crippen molar-refractivity contribution >= 4 is 5.69 Å². The molecule has 4 heteroatoms. The molecule has 70 valence electrons. The highest BCUT2D eigenvalue weighted by atomic mass is 19.1. The smallest absolute Gasteiger partial charge is 0.146 e. The van der Waals surface area contributed by atoms with Gasteiger partial charge in [-0.25, -0.2) is 10.2 Å². The van der Waals surface area contributed by atoms with Gasteiger partial charge in [-0.05, 0) is 19.1 Å². The summed E-state index contributed by atoms with van der Waals surface area (Å²) in [6, 6.07) is 4.47. The molecule has 2 N–H and O–H groups in total. The van der Waals surface area contributed by atoms with Crippen LogP contribution in [0.3, 0.4) is 0 Å². The molecule has 0 fully saturated rings. The third kappa shape index (κ3) is 1.33. The highest BCUT2D eigenvalue weighted by Gasteiger charge is 2.21. The van der Waals surface area contributed by atoms with E-state index in [2.05, 4.69) is 0 Å². The maximum atomic E-state index is 12.8. The molecule has 0 aliphatic carbocycles. The van der Waals surface area contributed by atoms with Crippen LogP contribution < -0.4 is 15.6 Å². The summed E-state index contributed by atoms with van der Waals surface area (Å²) in [5, 5.41) is 1.60. The Bertz CT molecular complexity index is 329. The summed E-state index contributed by atoms with van der Waals surface area (Å²) < 4.78 is 18.1. The van der Waals surface area contributed by atoms with Crippen LogP contribution in [0, 0.1) is 5.82 Å². The minimum atomic E-state index is -0.304. The molecule has 0 amide bonds. The van der Waals surface area contributed by atoms with Gasteiger partial charge in [-0.15, -0.1) is 0 Å². The highest BCUT2D eigenvalue weighted by Crippen LogP contribution is 2.31. The lowest BCUT2D eigenvalue weighted by Crippen LogP contribution is -2.45. The molecule has 0 saturated carbocycles. The summed E-state index contributed by atoms with van der Waals surface area (Å²) in [6.07, 6.45) is 0. The van der Waals surface area contributed by atoms with Gasteiger partial charge in [0, 0.05) is 6.07 Å². The second kappa shape index (κ2) is 2.88. The third-order valence-electron chi connectivity index (χ3n) is 2.15. The Balaban J connectivity index is 2.44. The standard InChI is InChI=1S/C9H11FN2O/c1-6-5-13-9-4-7(10)2-3-8(9)12(6)11/h2-4,6H,5,11H2,1H3. The summed E-state index contributed by atoms with van der Waals surface area (Å²) in [7, 11) is 0. The first-order valence-electron chi connectivity index (χ1n) is 4.15. The summed E-state index contributed by atoms with van der Waals surface area (Å²) in [6.45, 7) is 2.44. The molecule has 3 nitrogen and oxygen atoms in total. The quantitative estimate of drug-likeness (QED) is 0.614. The molecular formula is C9H11FN2O. The van der Waals surface area contributed by atoms with Gasteiger partial charge in [-0.3, -0.25) is 0 Å². The van der Waals surface area contributed by atoms with Crippen molar-refractivity contribution in [1.29, 1.82) is 0 Å². The summed E-state index contributed by atoms with van der Waals surface area (Å²) in [4.78, 5) is 0. The van der Waals surface area contributed by atoms with E-state index in [9.17, 15) is 4.39 Å². The Morgan fingerprint density at radius 3 is 3.15 bits per heavy atom. The van der Waals surface area contributed by atoms with E-state index < -0.39 is 0 Å². The van der Waals surface area contributed by atoms with Crippen molar-refractivity contribution in [2.45, 2.75) is 13.0 Å². The second-order valence-corrected chi connectivity index (χ2v) is 3.18. The molecule has 0 spiro atoms. The maximum Gasteiger partial charge on any atom is 0.146 e. The number of nitrogens with two attached hydrogens (primary N) is 1. The van der Waals surface area contributed by atoms with Crippen molar-refractivity contribution in [3.63, 3.8) is 0 Å². The Hall–Kier alpha value is -1.29. The molecule has 1 aromatic carbocycles. The van der Waals surface area contributed by atoms with Crippen molar-refractivity contribution in [2.75, 3.05) is 11.6 Å². The van der Waals surface area contributed by atoms with Crippen LogP contribution in [0.15, 0.2) is 18.2 Å². The normalized spacial score (nSPS) is 20.8. The number of halogens is 1. The number of nitrogens with zero attached hydrogens (tertiary/aromatic N) is 1. The molecule has 1 aliphatic heterocycles. The van der Waals surface area contributed by atoms with Gasteiger partial charge in [-0.2, -0.15) is 0 Å². The molecule has 0 bridgehead atoms. The Kier molecular flexibility index (Phi) is 1.84. The summed E-state index contributed by atoms with van der Waals surface area (Å²) in [5.74, 6) is 5.98. The molecule has 1 aliphatic rings. The van der Waals surface area contributed by atoms with Gasteiger partial charge in [0.25, 0.3) is 0 Å². The third-order valence-corrected chi connectivity index (χ3v) is 2.15. The van der Waals surface area contributed by atoms with Crippen LogP contribution in [0.4, 0.5) is 10.1 Å². The van der Waals surface area contributed by atoms with Crippen LogP contribution >= 0.6 is 0 Å². The molecular weight excluding hydrogens is 171 g/mol. The van der Waals surface area contributed by atoms with E-state index in [-0.39, 0.29) is 11.9 Å². The number of fused-ring (bicyclic) bond motifs is 1. The van der Waals surface area contributed by atoms with Crippen LogP contribution in [-0.4, -0.2) is 12.6 Å². The fourth-order valence-electron chi connectivity index (χ4n) is 1.34. The van der Waals surface area contributed by atoms with Gasteiger partial charge in [0.15, 0.2) is 0 Å². The number of anilines is 1. The van der Waals surface area contributed by atoms with Gasteiger partial charge in [0.2, 0.25) is 0 Å². The van der Waals surface area contributed by atoms with Gasteiger partial charge in [0.05, 0.1) is 11.7 Å². The molecule has 0 saturated heterocycles. The first kappa shape index (κ1) is 8.31.